The first kappa shape index (κ1) is 27.3. The second-order valence-electron chi connectivity index (χ2n) is 9.31. The van der Waals surface area contributed by atoms with Gasteiger partial charge in [-0.1, -0.05) is 30.3 Å². The van der Waals surface area contributed by atoms with Gasteiger partial charge in [-0.05, 0) is 39.8 Å². The van der Waals surface area contributed by atoms with Crippen LogP contribution in [-0.4, -0.2) is 99.0 Å². The molecule has 2 fully saturated rings. The molecule has 32 heavy (non-hydrogen) atoms. The Balaban J connectivity index is 0.00000363. The lowest BCUT2D eigenvalue weighted by molar-refractivity contribution is 0.0894. The number of hydrogen-bond acceptors (Lipinski definition) is 5. The van der Waals surface area contributed by atoms with Crippen LogP contribution in [0.2, 0.25) is 0 Å². The maximum Gasteiger partial charge on any atom is 0.193 e. The van der Waals surface area contributed by atoms with Gasteiger partial charge in [0.15, 0.2) is 15.8 Å². The van der Waals surface area contributed by atoms with Gasteiger partial charge in [-0.15, -0.1) is 24.0 Å². The van der Waals surface area contributed by atoms with Gasteiger partial charge in [-0.25, -0.2) is 8.42 Å². The number of guanidine groups is 1. The smallest absolute Gasteiger partial charge is 0.193 e. The standard InChI is InChI=1S/C23H39N5O2S.HI/c1-5-24-22(28-16-17-31(29,30)23(2,3)19-28)25-12-9-13-27-15-14-26(4)18-21(27)20-10-7-6-8-11-20;/h6-8,10-11,21H,5,9,12-19H2,1-4H3,(H,24,25);1H. The molecule has 1 atom stereocenters. The van der Waals surface area contributed by atoms with Crippen LogP contribution < -0.4 is 5.32 Å². The molecule has 0 aliphatic carbocycles. The molecule has 1 unspecified atom stereocenters. The molecule has 3 rings (SSSR count). The number of rotatable bonds is 6. The first-order valence-electron chi connectivity index (χ1n) is 11.5. The number of benzene rings is 1. The van der Waals surface area contributed by atoms with Crippen molar-refractivity contribution in [3.63, 3.8) is 0 Å². The Hall–Kier alpha value is -0.910. The maximum absolute atomic E-state index is 12.3. The van der Waals surface area contributed by atoms with Crippen molar-refractivity contribution in [1.29, 1.82) is 0 Å². The number of piperazine rings is 1. The van der Waals surface area contributed by atoms with Crippen molar-refractivity contribution in [2.45, 2.75) is 38.0 Å². The number of nitrogens with zero attached hydrogens (tertiary/aromatic N) is 4. The van der Waals surface area contributed by atoms with Gasteiger partial charge in [0.05, 0.1) is 10.5 Å². The van der Waals surface area contributed by atoms with Gasteiger partial charge in [-0.3, -0.25) is 9.89 Å². The van der Waals surface area contributed by atoms with Gasteiger partial charge in [0.2, 0.25) is 0 Å². The molecule has 0 radical (unpaired) electrons. The zero-order valence-corrected chi connectivity index (χ0v) is 23.1. The molecule has 1 aromatic carbocycles. The molecule has 0 amide bonds. The van der Waals surface area contributed by atoms with Crippen LogP contribution in [0.4, 0.5) is 0 Å². The number of hydrogen-bond donors (Lipinski definition) is 1. The fourth-order valence-corrected chi connectivity index (χ4v) is 5.79. The summed E-state index contributed by atoms with van der Waals surface area (Å²) in [6.07, 6.45) is 0.984. The van der Waals surface area contributed by atoms with Gasteiger partial charge in [0, 0.05) is 58.4 Å². The molecule has 0 bridgehead atoms. The monoisotopic (exact) mass is 577 g/mol. The number of likely N-dealkylation sites (N-methyl/N-ethyl adjacent to an activating group) is 1. The van der Waals surface area contributed by atoms with E-state index in [1.165, 1.54) is 5.56 Å². The third kappa shape index (κ3) is 6.80. The molecule has 2 aliphatic heterocycles. The number of halogens is 1. The summed E-state index contributed by atoms with van der Waals surface area (Å²) >= 11 is 0. The van der Waals surface area contributed by atoms with Crippen molar-refractivity contribution in [3.8, 4) is 0 Å². The van der Waals surface area contributed by atoms with E-state index in [-0.39, 0.29) is 29.7 Å². The van der Waals surface area contributed by atoms with Crippen LogP contribution in [0.1, 0.15) is 38.8 Å². The third-order valence-corrected chi connectivity index (χ3v) is 8.95. The highest BCUT2D eigenvalue weighted by Crippen LogP contribution is 2.25. The summed E-state index contributed by atoms with van der Waals surface area (Å²) in [4.78, 5) is 11.9. The fraction of sp³-hybridized carbons (Fsp3) is 0.696. The molecule has 7 nitrogen and oxygen atoms in total. The summed E-state index contributed by atoms with van der Waals surface area (Å²) < 4.78 is 23.9. The summed E-state index contributed by atoms with van der Waals surface area (Å²) in [5.74, 6) is 1.02. The van der Waals surface area contributed by atoms with E-state index in [1.807, 2.05) is 13.8 Å². The van der Waals surface area contributed by atoms with E-state index >= 15 is 0 Å². The second-order valence-corrected chi connectivity index (χ2v) is 12.1. The fourth-order valence-electron chi connectivity index (χ4n) is 4.43. The predicted molar refractivity (Wildman–Crippen MR) is 144 cm³/mol. The Labute approximate surface area is 211 Å². The minimum absolute atomic E-state index is 0. The lowest BCUT2D eigenvalue weighted by atomic mass is 10.0. The van der Waals surface area contributed by atoms with E-state index < -0.39 is 14.6 Å². The van der Waals surface area contributed by atoms with Crippen molar-refractivity contribution >= 4 is 39.8 Å². The van der Waals surface area contributed by atoms with Crippen molar-refractivity contribution in [2.75, 3.05) is 65.2 Å². The Morgan fingerprint density at radius 2 is 1.91 bits per heavy atom. The molecule has 1 aromatic rings. The van der Waals surface area contributed by atoms with Crippen LogP contribution in [0.3, 0.4) is 0 Å². The molecule has 2 heterocycles. The van der Waals surface area contributed by atoms with Crippen LogP contribution >= 0.6 is 24.0 Å². The summed E-state index contributed by atoms with van der Waals surface area (Å²) in [6, 6.07) is 11.2. The van der Waals surface area contributed by atoms with E-state index in [0.29, 0.717) is 19.1 Å². The van der Waals surface area contributed by atoms with Crippen molar-refractivity contribution in [3.05, 3.63) is 35.9 Å². The number of sulfone groups is 1. The van der Waals surface area contributed by atoms with Crippen molar-refractivity contribution < 1.29 is 8.42 Å². The van der Waals surface area contributed by atoms with Crippen LogP contribution in [0.15, 0.2) is 35.3 Å². The molecular weight excluding hydrogens is 537 g/mol. The summed E-state index contributed by atoms with van der Waals surface area (Å²) in [6.45, 7) is 12.4. The number of aliphatic imine (C=N–C) groups is 1. The molecule has 9 heteroatoms. The molecular formula is C23H40IN5O2S. The molecule has 2 aliphatic rings. The van der Waals surface area contributed by atoms with Crippen LogP contribution in [0.25, 0.3) is 0 Å². The lowest BCUT2D eigenvalue weighted by Gasteiger charge is -2.40. The first-order chi connectivity index (χ1) is 14.7. The Kier molecular flexibility index (Phi) is 10.2. The first-order valence-corrected chi connectivity index (χ1v) is 13.1. The van der Waals surface area contributed by atoms with Crippen molar-refractivity contribution in [1.82, 2.24) is 20.0 Å². The Morgan fingerprint density at radius 3 is 2.56 bits per heavy atom. The predicted octanol–water partition coefficient (Wildman–Crippen LogP) is 2.46. The average Bonchev–Trinajstić information content (AvgIpc) is 2.74. The summed E-state index contributed by atoms with van der Waals surface area (Å²) in [7, 11) is -0.859. The van der Waals surface area contributed by atoms with Gasteiger partial charge in [0.25, 0.3) is 0 Å². The topological polar surface area (TPSA) is 68.2 Å². The Bertz CT molecular complexity index is 847. The second kappa shape index (κ2) is 12.0. The van der Waals surface area contributed by atoms with Crippen LogP contribution in [0, 0.1) is 0 Å². The van der Waals surface area contributed by atoms with Crippen LogP contribution in [-0.2, 0) is 9.84 Å². The zero-order chi connectivity index (χ0) is 22.5. The van der Waals surface area contributed by atoms with Gasteiger partial charge < -0.3 is 15.1 Å². The minimum atomic E-state index is -3.05. The molecule has 0 saturated carbocycles. The lowest BCUT2D eigenvalue weighted by Crippen LogP contribution is -2.57. The minimum Gasteiger partial charge on any atom is -0.357 e. The third-order valence-electron chi connectivity index (χ3n) is 6.42. The van der Waals surface area contributed by atoms with Gasteiger partial charge in [0.1, 0.15) is 0 Å². The highest BCUT2D eigenvalue weighted by Gasteiger charge is 2.41. The highest BCUT2D eigenvalue weighted by atomic mass is 127. The van der Waals surface area contributed by atoms with Crippen LogP contribution in [0.5, 0.6) is 0 Å². The SMILES string of the molecule is CCNC(=NCCCN1CCN(C)CC1c1ccccc1)N1CCS(=O)(=O)C(C)(C)C1.I. The van der Waals surface area contributed by atoms with Gasteiger partial charge in [-0.2, -0.15) is 0 Å². The summed E-state index contributed by atoms with van der Waals surface area (Å²) in [5.41, 5.74) is 1.38. The zero-order valence-electron chi connectivity index (χ0n) is 20.0. The van der Waals surface area contributed by atoms with Gasteiger partial charge >= 0.3 is 0 Å². The van der Waals surface area contributed by atoms with E-state index in [2.05, 4.69) is 64.3 Å². The molecule has 0 spiro atoms. The maximum atomic E-state index is 12.3. The van der Waals surface area contributed by atoms with E-state index in [9.17, 15) is 8.42 Å². The van der Waals surface area contributed by atoms with E-state index in [0.717, 1.165) is 51.6 Å². The number of nitrogens with one attached hydrogen (secondary N) is 1. The summed E-state index contributed by atoms with van der Waals surface area (Å²) in [5, 5.41) is 3.36. The van der Waals surface area contributed by atoms with E-state index in [4.69, 9.17) is 4.99 Å². The highest BCUT2D eigenvalue weighted by molar-refractivity contribution is 14.0. The molecule has 182 valence electrons. The molecule has 1 N–H and O–H groups in total. The average molecular weight is 578 g/mol. The quantitative estimate of drug-likeness (QED) is 0.243. The molecule has 0 aromatic heterocycles. The normalized spacial score (nSPS) is 24.1. The van der Waals surface area contributed by atoms with E-state index in [1.54, 1.807) is 0 Å². The molecule has 2 saturated heterocycles. The van der Waals surface area contributed by atoms with Crippen molar-refractivity contribution in [2.24, 2.45) is 4.99 Å². The Morgan fingerprint density at radius 1 is 1.19 bits per heavy atom. The largest absolute Gasteiger partial charge is 0.357 e.